The maximum absolute atomic E-state index is 13.2. The highest BCUT2D eigenvalue weighted by Gasteiger charge is 2.43. The van der Waals surface area contributed by atoms with Crippen molar-refractivity contribution in [1.29, 1.82) is 0 Å². The Hall–Kier alpha value is -1.32. The first-order chi connectivity index (χ1) is 11.5. The Balaban J connectivity index is 1.75. The van der Waals surface area contributed by atoms with E-state index in [4.69, 9.17) is 0 Å². The van der Waals surface area contributed by atoms with E-state index in [9.17, 15) is 18.0 Å². The summed E-state index contributed by atoms with van der Waals surface area (Å²) in [4.78, 5) is 17.3. The second kappa shape index (κ2) is 9.24. The van der Waals surface area contributed by atoms with Crippen molar-refractivity contribution in [3.63, 3.8) is 0 Å². The molecule has 1 fully saturated rings. The molecule has 0 saturated carbocycles. The first kappa shape index (κ1) is 19.0. The highest BCUT2D eigenvalue weighted by molar-refractivity contribution is 7.99. The number of pyridine rings is 1. The molecule has 2 heterocycles. The summed E-state index contributed by atoms with van der Waals surface area (Å²) >= 11 is 1.33. The van der Waals surface area contributed by atoms with Crippen molar-refractivity contribution in [3.05, 3.63) is 30.1 Å². The van der Waals surface area contributed by atoms with Gasteiger partial charge in [0, 0.05) is 44.7 Å². The van der Waals surface area contributed by atoms with E-state index in [1.165, 1.54) is 16.7 Å². The molecule has 1 aromatic heterocycles. The molecule has 1 atom stereocenters. The fourth-order valence-corrected chi connectivity index (χ4v) is 3.21. The number of carbonyl (C=O) groups is 1. The molecule has 1 unspecified atom stereocenters. The lowest BCUT2D eigenvalue weighted by atomic mass is 10.2. The minimum absolute atomic E-state index is 0.114. The number of rotatable bonds is 7. The molecule has 2 N–H and O–H groups in total. The van der Waals surface area contributed by atoms with Gasteiger partial charge in [-0.3, -0.25) is 14.7 Å². The molecule has 1 amide bonds. The van der Waals surface area contributed by atoms with Crippen molar-refractivity contribution in [3.8, 4) is 0 Å². The van der Waals surface area contributed by atoms with E-state index in [1.54, 1.807) is 12.3 Å². The number of aromatic nitrogens is 1. The molecule has 0 spiro atoms. The summed E-state index contributed by atoms with van der Waals surface area (Å²) < 4.78 is 39.6. The molecule has 134 valence electrons. The topological polar surface area (TPSA) is 57.3 Å². The first-order valence-electron chi connectivity index (χ1n) is 7.72. The van der Waals surface area contributed by atoms with Crippen LogP contribution < -0.4 is 10.6 Å². The van der Waals surface area contributed by atoms with Crippen LogP contribution in [0.2, 0.25) is 0 Å². The molecule has 1 aliphatic heterocycles. The zero-order valence-corrected chi connectivity index (χ0v) is 14.0. The number of hydrogen-bond acceptors (Lipinski definition) is 5. The molecule has 0 aliphatic carbocycles. The summed E-state index contributed by atoms with van der Waals surface area (Å²) in [5.74, 6) is 0.276. The molecule has 1 aliphatic rings. The summed E-state index contributed by atoms with van der Waals surface area (Å²) in [6.07, 6.45) is -2.69. The molecule has 0 aromatic carbocycles. The van der Waals surface area contributed by atoms with Gasteiger partial charge in [-0.15, -0.1) is 11.8 Å². The van der Waals surface area contributed by atoms with E-state index in [-0.39, 0.29) is 11.7 Å². The lowest BCUT2D eigenvalue weighted by Gasteiger charge is -2.35. The van der Waals surface area contributed by atoms with Crippen LogP contribution in [0.3, 0.4) is 0 Å². The van der Waals surface area contributed by atoms with Gasteiger partial charge in [-0.05, 0) is 12.1 Å². The predicted octanol–water partition coefficient (Wildman–Crippen LogP) is 1.27. The van der Waals surface area contributed by atoms with E-state index in [1.807, 2.05) is 12.1 Å². The molecule has 1 saturated heterocycles. The highest BCUT2D eigenvalue weighted by Crippen LogP contribution is 2.24. The van der Waals surface area contributed by atoms with Crippen LogP contribution in [0.15, 0.2) is 24.4 Å². The van der Waals surface area contributed by atoms with Crippen LogP contribution in [-0.2, 0) is 10.5 Å². The molecule has 1 aromatic rings. The number of piperazine rings is 1. The third-order valence-electron chi connectivity index (χ3n) is 3.67. The monoisotopic (exact) mass is 362 g/mol. The quantitative estimate of drug-likeness (QED) is 0.765. The number of carbonyl (C=O) groups excluding carboxylic acids is 1. The Morgan fingerprint density at radius 2 is 2.12 bits per heavy atom. The van der Waals surface area contributed by atoms with Gasteiger partial charge in [0.15, 0.2) is 0 Å². The van der Waals surface area contributed by atoms with Crippen LogP contribution in [0.25, 0.3) is 0 Å². The van der Waals surface area contributed by atoms with Gasteiger partial charge < -0.3 is 10.6 Å². The second-order valence-corrected chi connectivity index (χ2v) is 6.45. The normalized spacial score (nSPS) is 17.5. The van der Waals surface area contributed by atoms with Gasteiger partial charge in [-0.1, -0.05) is 6.07 Å². The SMILES string of the molecule is O=C(CSCc1ccccn1)NCC(N1CCNCC1)C(F)(F)F. The van der Waals surface area contributed by atoms with Crippen LogP contribution in [0.1, 0.15) is 5.69 Å². The van der Waals surface area contributed by atoms with Gasteiger partial charge >= 0.3 is 6.18 Å². The molecule has 2 rings (SSSR count). The summed E-state index contributed by atoms with van der Waals surface area (Å²) in [6, 6.07) is 3.86. The largest absolute Gasteiger partial charge is 0.405 e. The summed E-state index contributed by atoms with van der Waals surface area (Å²) in [6.45, 7) is 1.30. The molecule has 0 radical (unpaired) electrons. The van der Waals surface area contributed by atoms with Crippen molar-refractivity contribution < 1.29 is 18.0 Å². The Morgan fingerprint density at radius 3 is 2.75 bits per heavy atom. The lowest BCUT2D eigenvalue weighted by molar-refractivity contribution is -0.183. The van der Waals surface area contributed by atoms with Gasteiger partial charge in [0.2, 0.25) is 5.91 Å². The number of halogens is 3. The zero-order chi connectivity index (χ0) is 17.4. The van der Waals surface area contributed by atoms with E-state index < -0.39 is 18.8 Å². The number of thioether (sulfide) groups is 1. The van der Waals surface area contributed by atoms with Gasteiger partial charge in [0.25, 0.3) is 0 Å². The van der Waals surface area contributed by atoms with E-state index in [0.29, 0.717) is 31.9 Å². The fourth-order valence-electron chi connectivity index (χ4n) is 2.44. The van der Waals surface area contributed by atoms with Gasteiger partial charge in [-0.25, -0.2) is 0 Å². The van der Waals surface area contributed by atoms with Crippen molar-refractivity contribution in [1.82, 2.24) is 20.5 Å². The highest BCUT2D eigenvalue weighted by atomic mass is 32.2. The molecular weight excluding hydrogens is 341 g/mol. The average Bonchev–Trinajstić information content (AvgIpc) is 2.56. The smallest absolute Gasteiger partial charge is 0.353 e. The van der Waals surface area contributed by atoms with Gasteiger partial charge in [-0.2, -0.15) is 13.2 Å². The van der Waals surface area contributed by atoms with Crippen molar-refractivity contribution in [2.45, 2.75) is 18.0 Å². The Morgan fingerprint density at radius 1 is 1.38 bits per heavy atom. The van der Waals surface area contributed by atoms with Crippen LogP contribution >= 0.6 is 11.8 Å². The van der Waals surface area contributed by atoms with Crippen LogP contribution in [0.5, 0.6) is 0 Å². The minimum Gasteiger partial charge on any atom is -0.353 e. The standard InChI is InChI=1S/C15H21F3N4OS/c16-15(17,18)13(22-7-5-19-6-8-22)9-21-14(23)11-24-10-12-3-1-2-4-20-12/h1-4,13,19H,5-11H2,(H,21,23). The number of amides is 1. The summed E-state index contributed by atoms with van der Waals surface area (Å²) in [5.41, 5.74) is 0.837. The molecule has 24 heavy (non-hydrogen) atoms. The summed E-state index contributed by atoms with van der Waals surface area (Å²) in [7, 11) is 0. The third kappa shape index (κ3) is 6.29. The third-order valence-corrected chi connectivity index (χ3v) is 4.64. The van der Waals surface area contributed by atoms with E-state index in [2.05, 4.69) is 15.6 Å². The van der Waals surface area contributed by atoms with E-state index >= 15 is 0 Å². The molecule has 5 nitrogen and oxygen atoms in total. The minimum atomic E-state index is -4.36. The number of nitrogens with one attached hydrogen (secondary N) is 2. The maximum atomic E-state index is 13.2. The fraction of sp³-hybridized carbons (Fsp3) is 0.600. The maximum Gasteiger partial charge on any atom is 0.405 e. The first-order valence-corrected chi connectivity index (χ1v) is 8.88. The van der Waals surface area contributed by atoms with Crippen molar-refractivity contribution in [2.75, 3.05) is 38.5 Å². The predicted molar refractivity (Wildman–Crippen MR) is 87.7 cm³/mol. The Labute approximate surface area is 143 Å². The zero-order valence-electron chi connectivity index (χ0n) is 13.2. The number of alkyl halides is 3. The second-order valence-electron chi connectivity index (χ2n) is 5.46. The molecular formula is C15H21F3N4OS. The van der Waals surface area contributed by atoms with Crippen LogP contribution in [0.4, 0.5) is 13.2 Å². The summed E-state index contributed by atoms with van der Waals surface area (Å²) in [5, 5.41) is 5.43. The van der Waals surface area contributed by atoms with Crippen LogP contribution in [-0.4, -0.2) is 66.5 Å². The van der Waals surface area contributed by atoms with E-state index in [0.717, 1.165) is 5.69 Å². The Bertz CT molecular complexity index is 509. The number of hydrogen-bond donors (Lipinski definition) is 2. The Kier molecular flexibility index (Phi) is 7.32. The molecule has 0 bridgehead atoms. The average molecular weight is 362 g/mol. The lowest BCUT2D eigenvalue weighted by Crippen LogP contribution is -2.57. The van der Waals surface area contributed by atoms with Crippen molar-refractivity contribution >= 4 is 17.7 Å². The number of nitrogens with zero attached hydrogens (tertiary/aromatic N) is 2. The van der Waals surface area contributed by atoms with Gasteiger partial charge in [0.1, 0.15) is 6.04 Å². The van der Waals surface area contributed by atoms with Crippen LogP contribution in [0, 0.1) is 0 Å². The van der Waals surface area contributed by atoms with Gasteiger partial charge in [0.05, 0.1) is 11.4 Å². The van der Waals surface area contributed by atoms with Crippen molar-refractivity contribution in [2.24, 2.45) is 0 Å². The molecule has 9 heteroatoms.